The summed E-state index contributed by atoms with van der Waals surface area (Å²) in [4.78, 5) is 18.6. The Morgan fingerprint density at radius 1 is 1.48 bits per heavy atom. The Morgan fingerprint density at radius 2 is 2.30 bits per heavy atom. The van der Waals surface area contributed by atoms with Gasteiger partial charge in [-0.1, -0.05) is 0 Å². The van der Waals surface area contributed by atoms with Gasteiger partial charge in [0.25, 0.3) is 0 Å². The Morgan fingerprint density at radius 3 is 2.96 bits per heavy atom. The number of carbonyl (C=O) groups excluding carboxylic acids is 1. The average Bonchev–Trinajstić information content (AvgIpc) is 3.21. The molecule has 1 aliphatic rings. The van der Waals surface area contributed by atoms with E-state index in [0.717, 1.165) is 38.2 Å². The van der Waals surface area contributed by atoms with Crippen LogP contribution in [0.5, 0.6) is 0 Å². The molecule has 0 aromatic carbocycles. The summed E-state index contributed by atoms with van der Waals surface area (Å²) in [5, 5.41) is 7.14. The highest BCUT2D eigenvalue weighted by molar-refractivity contribution is 5.79. The van der Waals surface area contributed by atoms with E-state index in [4.69, 9.17) is 4.42 Å². The van der Waals surface area contributed by atoms with Gasteiger partial charge in [0.05, 0.1) is 19.4 Å². The van der Waals surface area contributed by atoms with Gasteiger partial charge in [-0.3, -0.25) is 14.4 Å². The summed E-state index contributed by atoms with van der Waals surface area (Å²) in [7, 11) is 0. The topological polar surface area (TPSA) is 76.2 Å². The summed E-state index contributed by atoms with van der Waals surface area (Å²) in [6, 6.07) is 3.95. The van der Waals surface area contributed by atoms with Crippen molar-refractivity contribution in [1.82, 2.24) is 25.0 Å². The molecule has 0 bridgehead atoms. The number of nitrogens with one attached hydrogen (secondary N) is 1. The maximum Gasteiger partial charge on any atom is 0.223 e. The maximum atomic E-state index is 12.4. The summed E-state index contributed by atoms with van der Waals surface area (Å²) < 4.78 is 7.11. The molecule has 7 heteroatoms. The fraction of sp³-hybridized carbons (Fsp3) is 0.562. The zero-order chi connectivity index (χ0) is 16.1. The molecule has 7 nitrogen and oxygen atoms in total. The summed E-state index contributed by atoms with van der Waals surface area (Å²) in [5.41, 5.74) is 0. The third-order valence-electron chi connectivity index (χ3n) is 4.23. The Balaban J connectivity index is 1.41. The number of hydrogen-bond acceptors (Lipinski definition) is 5. The van der Waals surface area contributed by atoms with Crippen molar-refractivity contribution < 1.29 is 9.21 Å². The molecular weight excluding hydrogens is 294 g/mol. The first-order valence-corrected chi connectivity index (χ1v) is 8.08. The van der Waals surface area contributed by atoms with Gasteiger partial charge in [0.2, 0.25) is 5.91 Å². The number of aromatic nitrogens is 3. The minimum Gasteiger partial charge on any atom is -0.468 e. The van der Waals surface area contributed by atoms with Gasteiger partial charge in [0.15, 0.2) is 0 Å². The molecule has 1 amide bonds. The van der Waals surface area contributed by atoms with Crippen molar-refractivity contribution in [2.45, 2.75) is 38.9 Å². The van der Waals surface area contributed by atoms with Gasteiger partial charge >= 0.3 is 0 Å². The molecule has 3 heterocycles. The largest absolute Gasteiger partial charge is 0.468 e. The first-order valence-electron chi connectivity index (χ1n) is 8.08. The number of amides is 1. The van der Waals surface area contributed by atoms with Gasteiger partial charge in [-0.25, -0.2) is 4.98 Å². The van der Waals surface area contributed by atoms with Crippen molar-refractivity contribution in [3.63, 3.8) is 0 Å². The maximum absolute atomic E-state index is 12.4. The van der Waals surface area contributed by atoms with Crippen LogP contribution in [0.2, 0.25) is 0 Å². The lowest BCUT2D eigenvalue weighted by molar-refractivity contribution is -0.127. The van der Waals surface area contributed by atoms with Crippen molar-refractivity contribution in [2.75, 3.05) is 13.1 Å². The van der Waals surface area contributed by atoms with Gasteiger partial charge in [-0.15, -0.1) is 0 Å². The van der Waals surface area contributed by atoms with E-state index < -0.39 is 0 Å². The van der Waals surface area contributed by atoms with Crippen LogP contribution in [0.25, 0.3) is 0 Å². The van der Waals surface area contributed by atoms with Crippen molar-refractivity contribution >= 4 is 5.91 Å². The quantitative estimate of drug-likeness (QED) is 0.869. The van der Waals surface area contributed by atoms with Crippen molar-refractivity contribution in [3.8, 4) is 0 Å². The van der Waals surface area contributed by atoms with E-state index >= 15 is 0 Å². The lowest BCUT2D eigenvalue weighted by Gasteiger charge is -2.31. The standard InChI is InChI=1S/C16H23N5O2/c1-13(9-21-12-17-11-18-21)19-16(22)14-4-6-20(7-5-14)10-15-3-2-8-23-15/h2-3,8,11-14H,4-7,9-10H2,1H3,(H,19,22)/t13-/m0/s1. The monoisotopic (exact) mass is 317 g/mol. The molecule has 0 radical (unpaired) electrons. The van der Waals surface area contributed by atoms with Crippen LogP contribution in [0.4, 0.5) is 0 Å². The number of rotatable bonds is 6. The number of furan rings is 1. The predicted molar refractivity (Wildman–Crippen MR) is 84.3 cm³/mol. The summed E-state index contributed by atoms with van der Waals surface area (Å²) in [5.74, 6) is 1.23. The van der Waals surface area contributed by atoms with Crippen LogP contribution in [0.1, 0.15) is 25.5 Å². The number of piperidine rings is 1. The van der Waals surface area contributed by atoms with Crippen LogP contribution in [0.15, 0.2) is 35.5 Å². The Hall–Kier alpha value is -2.15. The van der Waals surface area contributed by atoms with Crippen molar-refractivity contribution in [3.05, 3.63) is 36.8 Å². The molecule has 0 spiro atoms. The van der Waals surface area contributed by atoms with Gasteiger partial charge in [-0.05, 0) is 45.0 Å². The van der Waals surface area contributed by atoms with Crippen molar-refractivity contribution in [1.29, 1.82) is 0 Å². The number of nitrogens with zero attached hydrogens (tertiary/aromatic N) is 4. The molecule has 2 aromatic heterocycles. The first kappa shape index (κ1) is 15.7. The Labute approximate surface area is 135 Å². The number of likely N-dealkylation sites (tertiary alicyclic amines) is 1. The second-order valence-corrected chi connectivity index (χ2v) is 6.16. The van der Waals surface area contributed by atoms with E-state index in [0.29, 0.717) is 6.54 Å². The molecule has 2 aromatic rings. The minimum atomic E-state index is 0.0466. The van der Waals surface area contributed by atoms with Crippen LogP contribution >= 0.6 is 0 Å². The predicted octanol–water partition coefficient (Wildman–Crippen LogP) is 1.29. The van der Waals surface area contributed by atoms with E-state index in [-0.39, 0.29) is 17.9 Å². The van der Waals surface area contributed by atoms with E-state index in [9.17, 15) is 4.79 Å². The van der Waals surface area contributed by atoms with Gasteiger partial charge in [0, 0.05) is 12.0 Å². The molecular formula is C16H23N5O2. The lowest BCUT2D eigenvalue weighted by Crippen LogP contribution is -2.44. The SMILES string of the molecule is C[C@@H](Cn1cncn1)NC(=O)C1CCN(Cc2ccco2)CC1. The smallest absolute Gasteiger partial charge is 0.223 e. The lowest BCUT2D eigenvalue weighted by atomic mass is 9.95. The molecule has 1 aliphatic heterocycles. The van der Waals surface area contributed by atoms with Gasteiger partial charge in [-0.2, -0.15) is 5.10 Å². The zero-order valence-electron chi connectivity index (χ0n) is 13.4. The molecule has 1 saturated heterocycles. The fourth-order valence-electron chi connectivity index (χ4n) is 2.99. The third kappa shape index (κ3) is 4.41. The van der Waals surface area contributed by atoms with Gasteiger partial charge in [0.1, 0.15) is 18.4 Å². The Kier molecular flexibility index (Phi) is 5.07. The highest BCUT2D eigenvalue weighted by Crippen LogP contribution is 2.19. The Bertz CT molecular complexity index is 588. The zero-order valence-corrected chi connectivity index (χ0v) is 13.4. The molecule has 3 rings (SSSR count). The second-order valence-electron chi connectivity index (χ2n) is 6.16. The summed E-state index contributed by atoms with van der Waals surface area (Å²) in [6.45, 7) is 5.31. The molecule has 0 saturated carbocycles. The second kappa shape index (κ2) is 7.41. The number of carbonyl (C=O) groups is 1. The molecule has 1 N–H and O–H groups in total. The third-order valence-corrected chi connectivity index (χ3v) is 4.23. The van der Waals surface area contributed by atoms with Crippen LogP contribution in [0.3, 0.4) is 0 Å². The van der Waals surface area contributed by atoms with E-state index in [1.807, 2.05) is 19.1 Å². The molecule has 1 fully saturated rings. The van der Waals surface area contributed by atoms with Crippen LogP contribution in [0, 0.1) is 5.92 Å². The number of hydrogen-bond donors (Lipinski definition) is 1. The van der Waals surface area contributed by atoms with Crippen LogP contribution in [-0.4, -0.2) is 44.7 Å². The fourth-order valence-corrected chi connectivity index (χ4v) is 2.99. The average molecular weight is 317 g/mol. The molecule has 0 aliphatic carbocycles. The first-order chi connectivity index (χ1) is 11.2. The van der Waals surface area contributed by atoms with Crippen molar-refractivity contribution in [2.24, 2.45) is 5.92 Å². The highest BCUT2D eigenvalue weighted by Gasteiger charge is 2.26. The molecule has 0 unspecified atom stereocenters. The normalized spacial score (nSPS) is 18.0. The van der Waals surface area contributed by atoms with E-state index in [1.165, 1.54) is 6.33 Å². The highest BCUT2D eigenvalue weighted by atomic mass is 16.3. The molecule has 124 valence electrons. The molecule has 23 heavy (non-hydrogen) atoms. The van der Waals surface area contributed by atoms with E-state index in [2.05, 4.69) is 20.3 Å². The molecule has 1 atom stereocenters. The van der Waals surface area contributed by atoms with Crippen LogP contribution < -0.4 is 5.32 Å². The van der Waals surface area contributed by atoms with E-state index in [1.54, 1.807) is 17.3 Å². The summed E-state index contributed by atoms with van der Waals surface area (Å²) >= 11 is 0. The van der Waals surface area contributed by atoms with Crippen LogP contribution in [-0.2, 0) is 17.9 Å². The van der Waals surface area contributed by atoms with Gasteiger partial charge < -0.3 is 9.73 Å². The minimum absolute atomic E-state index is 0.0466. The summed E-state index contributed by atoms with van der Waals surface area (Å²) in [6.07, 6.45) is 6.65.